The number of hydrogen-bond donors (Lipinski definition) is 2. The van der Waals surface area contributed by atoms with Crippen molar-refractivity contribution in [2.24, 2.45) is 0 Å². The summed E-state index contributed by atoms with van der Waals surface area (Å²) in [6.07, 6.45) is 1.34. The minimum atomic E-state index is -3.63. The fraction of sp³-hybridized carbons (Fsp3) is 0.429. The number of nitrogens with one attached hydrogen (secondary N) is 1. The maximum atomic E-state index is 12.6. The third-order valence-electron chi connectivity index (χ3n) is 3.85. The number of morpholine rings is 1. The largest absolute Gasteiger partial charge is 0.465 e. The van der Waals surface area contributed by atoms with Crippen LogP contribution in [0.3, 0.4) is 0 Å². The molecule has 140 valence electrons. The second-order valence-electron chi connectivity index (χ2n) is 5.57. The molecule has 3 heterocycles. The van der Waals surface area contributed by atoms with Crippen LogP contribution in [-0.2, 0) is 14.8 Å². The Morgan fingerprint density at radius 2 is 2.04 bits per heavy atom. The van der Waals surface area contributed by atoms with Crippen molar-refractivity contribution in [3.63, 3.8) is 0 Å². The first-order chi connectivity index (χ1) is 12.4. The van der Waals surface area contributed by atoms with Gasteiger partial charge < -0.3 is 15.2 Å². The SMILES string of the molecule is C[C@H](NC(=O)O)c1ncnn1-c1ccc(S(=O)(=O)N2CCOCC2)cn1. The van der Waals surface area contributed by atoms with Gasteiger partial charge in [0.2, 0.25) is 10.0 Å². The molecule has 0 radical (unpaired) electrons. The maximum Gasteiger partial charge on any atom is 0.405 e. The van der Waals surface area contributed by atoms with Gasteiger partial charge in [0.1, 0.15) is 11.2 Å². The fourth-order valence-corrected chi connectivity index (χ4v) is 3.91. The van der Waals surface area contributed by atoms with E-state index in [4.69, 9.17) is 9.84 Å². The summed E-state index contributed by atoms with van der Waals surface area (Å²) in [6.45, 7) is 2.94. The molecule has 1 aliphatic heterocycles. The van der Waals surface area contributed by atoms with Crippen LogP contribution in [0, 0.1) is 0 Å². The van der Waals surface area contributed by atoms with E-state index in [0.717, 1.165) is 0 Å². The van der Waals surface area contributed by atoms with E-state index in [0.29, 0.717) is 37.9 Å². The molecular weight excluding hydrogens is 364 g/mol. The van der Waals surface area contributed by atoms with Crippen LogP contribution in [0.25, 0.3) is 5.82 Å². The highest BCUT2D eigenvalue weighted by Gasteiger charge is 2.27. The molecule has 0 bridgehead atoms. The highest BCUT2D eigenvalue weighted by molar-refractivity contribution is 7.89. The summed E-state index contributed by atoms with van der Waals surface area (Å²) < 4.78 is 33.1. The lowest BCUT2D eigenvalue weighted by Gasteiger charge is -2.25. The van der Waals surface area contributed by atoms with Gasteiger partial charge in [-0.1, -0.05) is 0 Å². The molecule has 1 aliphatic rings. The van der Waals surface area contributed by atoms with Crippen molar-refractivity contribution < 1.29 is 23.1 Å². The molecule has 11 nitrogen and oxygen atoms in total. The Balaban J connectivity index is 1.85. The second kappa shape index (κ2) is 7.35. The maximum absolute atomic E-state index is 12.6. The number of aromatic nitrogens is 4. The summed E-state index contributed by atoms with van der Waals surface area (Å²) in [4.78, 5) is 19.1. The number of nitrogens with zero attached hydrogens (tertiary/aromatic N) is 5. The minimum Gasteiger partial charge on any atom is -0.465 e. The Morgan fingerprint density at radius 3 is 2.65 bits per heavy atom. The van der Waals surface area contributed by atoms with E-state index >= 15 is 0 Å². The molecule has 1 atom stereocenters. The molecule has 2 aromatic heterocycles. The van der Waals surface area contributed by atoms with Gasteiger partial charge in [0.05, 0.1) is 19.3 Å². The highest BCUT2D eigenvalue weighted by atomic mass is 32.2. The van der Waals surface area contributed by atoms with Gasteiger partial charge in [-0.05, 0) is 19.1 Å². The number of sulfonamides is 1. The van der Waals surface area contributed by atoms with Crippen LogP contribution >= 0.6 is 0 Å². The molecular formula is C14H18N6O5S. The van der Waals surface area contributed by atoms with Crippen molar-refractivity contribution in [3.05, 3.63) is 30.5 Å². The summed E-state index contributed by atoms with van der Waals surface area (Å²) >= 11 is 0. The molecule has 0 saturated carbocycles. The molecule has 3 rings (SSSR count). The summed E-state index contributed by atoms with van der Waals surface area (Å²) in [5, 5.41) is 15.1. The van der Waals surface area contributed by atoms with Gasteiger partial charge in [0.15, 0.2) is 11.6 Å². The van der Waals surface area contributed by atoms with Gasteiger partial charge in [-0.3, -0.25) is 0 Å². The molecule has 0 spiro atoms. The van der Waals surface area contributed by atoms with Crippen molar-refractivity contribution in [1.29, 1.82) is 0 Å². The first kappa shape index (κ1) is 18.2. The minimum absolute atomic E-state index is 0.0709. The lowest BCUT2D eigenvalue weighted by atomic mass is 10.3. The lowest BCUT2D eigenvalue weighted by Crippen LogP contribution is -2.40. The van der Waals surface area contributed by atoms with Crippen molar-refractivity contribution in [2.75, 3.05) is 26.3 Å². The monoisotopic (exact) mass is 382 g/mol. The number of pyridine rings is 1. The van der Waals surface area contributed by atoms with Gasteiger partial charge in [0.25, 0.3) is 0 Å². The third kappa shape index (κ3) is 3.66. The van der Waals surface area contributed by atoms with Gasteiger partial charge in [-0.2, -0.15) is 14.1 Å². The van der Waals surface area contributed by atoms with Gasteiger partial charge in [-0.15, -0.1) is 0 Å². The average Bonchev–Trinajstić information content (AvgIpc) is 3.12. The van der Waals surface area contributed by atoms with Crippen molar-refractivity contribution in [2.45, 2.75) is 17.9 Å². The number of carbonyl (C=O) groups is 1. The Bertz CT molecular complexity index is 875. The zero-order chi connectivity index (χ0) is 18.7. The number of hydrogen-bond acceptors (Lipinski definition) is 7. The number of rotatable bonds is 5. The van der Waals surface area contributed by atoms with Crippen molar-refractivity contribution in [1.82, 2.24) is 29.4 Å². The van der Waals surface area contributed by atoms with E-state index in [9.17, 15) is 13.2 Å². The van der Waals surface area contributed by atoms with Crippen molar-refractivity contribution >= 4 is 16.1 Å². The zero-order valence-electron chi connectivity index (χ0n) is 13.9. The number of carboxylic acid groups (broad SMARTS) is 1. The van der Waals surface area contributed by atoms with E-state index in [1.807, 2.05) is 0 Å². The highest BCUT2D eigenvalue weighted by Crippen LogP contribution is 2.18. The van der Waals surface area contributed by atoms with Gasteiger partial charge >= 0.3 is 6.09 Å². The van der Waals surface area contributed by atoms with Gasteiger partial charge in [0, 0.05) is 19.3 Å². The molecule has 0 unspecified atom stereocenters. The third-order valence-corrected chi connectivity index (χ3v) is 5.73. The Labute approximate surface area is 149 Å². The molecule has 12 heteroatoms. The molecule has 1 amide bonds. The summed E-state index contributed by atoms with van der Waals surface area (Å²) in [5.41, 5.74) is 0. The van der Waals surface area contributed by atoms with E-state index in [1.54, 1.807) is 6.92 Å². The second-order valence-corrected chi connectivity index (χ2v) is 7.51. The van der Waals surface area contributed by atoms with Crippen LogP contribution in [-0.4, -0.2) is 70.0 Å². The van der Waals surface area contributed by atoms with E-state index in [1.165, 1.54) is 33.6 Å². The van der Waals surface area contributed by atoms with Crippen LogP contribution < -0.4 is 5.32 Å². The predicted octanol–water partition coefficient (Wildman–Crippen LogP) is 0.0118. The number of ether oxygens (including phenoxy) is 1. The molecule has 2 aromatic rings. The zero-order valence-corrected chi connectivity index (χ0v) is 14.8. The standard InChI is InChI=1S/C14H18N6O5S/c1-10(18-14(21)22)13-16-9-17-20(13)12-3-2-11(8-15-12)26(23,24)19-4-6-25-7-5-19/h2-3,8-10,18H,4-7H2,1H3,(H,21,22)/t10-/m0/s1. The van der Waals surface area contributed by atoms with Crippen LogP contribution in [0.4, 0.5) is 4.79 Å². The number of amides is 1. The topological polar surface area (TPSA) is 140 Å². The van der Waals surface area contributed by atoms with Crippen LogP contribution in [0.5, 0.6) is 0 Å². The van der Waals surface area contributed by atoms with Crippen LogP contribution in [0.2, 0.25) is 0 Å². The summed E-state index contributed by atoms with van der Waals surface area (Å²) in [6, 6.07) is 2.32. The summed E-state index contributed by atoms with van der Waals surface area (Å²) in [7, 11) is -3.63. The normalized spacial score (nSPS) is 17.0. The summed E-state index contributed by atoms with van der Waals surface area (Å²) in [5.74, 6) is 0.668. The van der Waals surface area contributed by atoms with Crippen LogP contribution in [0.15, 0.2) is 29.6 Å². The van der Waals surface area contributed by atoms with E-state index < -0.39 is 22.2 Å². The van der Waals surface area contributed by atoms with Crippen molar-refractivity contribution in [3.8, 4) is 5.82 Å². The predicted molar refractivity (Wildman–Crippen MR) is 88.3 cm³/mol. The Kier molecular flexibility index (Phi) is 5.15. The first-order valence-electron chi connectivity index (χ1n) is 7.83. The molecule has 1 saturated heterocycles. The molecule has 0 aromatic carbocycles. The Hall–Kier alpha value is -2.57. The average molecular weight is 382 g/mol. The van der Waals surface area contributed by atoms with E-state index in [-0.39, 0.29) is 4.90 Å². The fourth-order valence-electron chi connectivity index (χ4n) is 2.56. The first-order valence-corrected chi connectivity index (χ1v) is 9.27. The van der Waals surface area contributed by atoms with Crippen LogP contribution in [0.1, 0.15) is 18.8 Å². The quantitative estimate of drug-likeness (QED) is 0.737. The van der Waals surface area contributed by atoms with Gasteiger partial charge in [-0.25, -0.2) is 23.2 Å². The molecule has 1 fully saturated rings. The van der Waals surface area contributed by atoms with E-state index in [2.05, 4.69) is 20.4 Å². The molecule has 26 heavy (non-hydrogen) atoms. The molecule has 0 aliphatic carbocycles. The smallest absolute Gasteiger partial charge is 0.405 e. The lowest BCUT2D eigenvalue weighted by molar-refractivity contribution is 0.0730. The Morgan fingerprint density at radius 1 is 1.31 bits per heavy atom. The molecule has 2 N–H and O–H groups in total.